The van der Waals surface area contributed by atoms with Crippen LogP contribution in [0.15, 0.2) is 60.7 Å². The monoisotopic (exact) mass is 1220 g/mol. The molecule has 4 rings (SSSR count). The Balaban J connectivity index is 1.51. The van der Waals surface area contributed by atoms with Crippen molar-refractivity contribution in [3.8, 4) is 0 Å². The zero-order chi connectivity index (χ0) is 64.5. The van der Waals surface area contributed by atoms with Gasteiger partial charge in [-0.2, -0.15) is 0 Å². The van der Waals surface area contributed by atoms with Gasteiger partial charge in [-0.15, -0.1) is 0 Å². The van der Waals surface area contributed by atoms with Crippen LogP contribution in [0.1, 0.15) is 116 Å². The second-order valence-corrected chi connectivity index (χ2v) is 22.6. The van der Waals surface area contributed by atoms with Crippen LogP contribution in [0.4, 0.5) is 0 Å². The fourth-order valence-electron chi connectivity index (χ4n) is 10.1. The van der Waals surface area contributed by atoms with E-state index >= 15 is 0 Å². The maximum absolute atomic E-state index is 14.7. The summed E-state index contributed by atoms with van der Waals surface area (Å²) in [7, 11) is 0. The molecule has 2 aromatic rings. The fourth-order valence-corrected chi connectivity index (χ4v) is 10.1. The standard InChI is InChI=1S/C59H86N12O16/c1-33(2)48(61)55(82)63-35(5)57(84)70-28-14-21-43(70)54(81)68-42(31-37-18-10-7-11-19-37)58(85)71-29-15-22-44(71)53(80)65-39(23-25-46(73)74)52(79)69-49(34(3)4)56(83)67-41(30-36-16-8-6-9-17-36)50(77)62-32-45(72)64-38(20-12-13-27-60)51(78)66-40(59(86)87)24-26-47(75)76/h6-11,16-19,33-35,38-44,48-49H,12-15,20-32,60-61H2,1-5H3,(H,62,77)(H,63,82)(H,64,72)(H,65,80)(H,66,78)(H,67,83)(H,68,81)(H,69,79)(H,73,74)(H,75,76)(H,86,87)/t35-,38-,39-,40-,41-,42-,43-,44-,48-,49-/m0/s1. The van der Waals surface area contributed by atoms with Gasteiger partial charge in [-0.25, -0.2) is 4.79 Å². The molecule has 10 atom stereocenters. The molecule has 0 saturated carbocycles. The first-order chi connectivity index (χ1) is 41.2. The van der Waals surface area contributed by atoms with E-state index in [-0.39, 0.29) is 57.7 Å². The van der Waals surface area contributed by atoms with Crippen LogP contribution in [0.5, 0.6) is 0 Å². The Labute approximate surface area is 505 Å². The van der Waals surface area contributed by atoms with Gasteiger partial charge in [0.1, 0.15) is 54.4 Å². The number of amides is 10. The molecule has 0 aliphatic carbocycles. The van der Waals surface area contributed by atoms with Gasteiger partial charge in [-0.1, -0.05) is 88.4 Å². The van der Waals surface area contributed by atoms with Crippen molar-refractivity contribution in [1.29, 1.82) is 0 Å². The highest BCUT2D eigenvalue weighted by atomic mass is 16.4. The molecule has 28 heteroatoms. The number of hydrogen-bond acceptors (Lipinski definition) is 15. The van der Waals surface area contributed by atoms with Gasteiger partial charge >= 0.3 is 17.9 Å². The van der Waals surface area contributed by atoms with E-state index in [2.05, 4.69) is 42.5 Å². The first-order valence-electron chi connectivity index (χ1n) is 29.4. The van der Waals surface area contributed by atoms with Gasteiger partial charge in [0.05, 0.1) is 12.6 Å². The van der Waals surface area contributed by atoms with E-state index in [1.165, 1.54) is 16.7 Å². The molecule has 28 nitrogen and oxygen atoms in total. The number of aliphatic carboxylic acids is 3. The van der Waals surface area contributed by atoms with E-state index < -0.39 is 176 Å². The smallest absolute Gasteiger partial charge is 0.326 e. The second-order valence-electron chi connectivity index (χ2n) is 22.6. The van der Waals surface area contributed by atoms with Crippen LogP contribution in [-0.2, 0) is 75.2 Å². The van der Waals surface area contributed by atoms with Crippen molar-refractivity contribution in [2.45, 2.75) is 179 Å². The maximum Gasteiger partial charge on any atom is 0.326 e. The summed E-state index contributed by atoms with van der Waals surface area (Å²) in [6.07, 6.45) is -0.298. The van der Waals surface area contributed by atoms with Gasteiger partial charge in [0.25, 0.3) is 0 Å². The minimum Gasteiger partial charge on any atom is -0.481 e. The van der Waals surface area contributed by atoms with E-state index in [1.807, 2.05) is 0 Å². The zero-order valence-electron chi connectivity index (χ0n) is 49.9. The molecule has 2 saturated heterocycles. The lowest BCUT2D eigenvalue weighted by molar-refractivity contribution is -0.144. The van der Waals surface area contributed by atoms with Crippen LogP contribution in [0, 0.1) is 11.8 Å². The first-order valence-corrected chi connectivity index (χ1v) is 29.4. The Hall–Kier alpha value is -8.53. The summed E-state index contributed by atoms with van der Waals surface area (Å²) in [6, 6.07) is 4.55. The van der Waals surface area contributed by atoms with Gasteiger partial charge in [0, 0.05) is 38.8 Å². The summed E-state index contributed by atoms with van der Waals surface area (Å²) in [4.78, 5) is 176. The van der Waals surface area contributed by atoms with E-state index in [9.17, 15) is 72.5 Å². The van der Waals surface area contributed by atoms with Crippen molar-refractivity contribution in [3.05, 3.63) is 71.8 Å². The Morgan fingerprint density at radius 2 is 1.00 bits per heavy atom. The Bertz CT molecular complexity index is 2740. The van der Waals surface area contributed by atoms with Crippen LogP contribution < -0.4 is 54.0 Å². The van der Waals surface area contributed by atoms with E-state index in [1.54, 1.807) is 88.4 Å². The number of carbonyl (C=O) groups is 13. The van der Waals surface area contributed by atoms with Crippen molar-refractivity contribution < 1.29 is 77.6 Å². The molecule has 2 aliphatic heterocycles. The van der Waals surface area contributed by atoms with Crippen molar-refractivity contribution in [1.82, 2.24) is 52.3 Å². The molecule has 2 fully saturated rings. The lowest BCUT2D eigenvalue weighted by atomic mass is 10.00. The van der Waals surface area contributed by atoms with Crippen molar-refractivity contribution in [2.24, 2.45) is 23.3 Å². The zero-order valence-corrected chi connectivity index (χ0v) is 49.9. The van der Waals surface area contributed by atoms with Crippen molar-refractivity contribution >= 4 is 77.0 Å². The van der Waals surface area contributed by atoms with Gasteiger partial charge in [0.2, 0.25) is 59.1 Å². The molecule has 0 aromatic heterocycles. The average molecular weight is 1220 g/mol. The number of nitrogens with zero attached hydrogens (tertiary/aromatic N) is 2. The molecular weight excluding hydrogens is 1130 g/mol. The molecule has 87 heavy (non-hydrogen) atoms. The molecular formula is C59H86N12O16. The maximum atomic E-state index is 14.7. The predicted octanol–water partition coefficient (Wildman–Crippen LogP) is -1.43. The van der Waals surface area contributed by atoms with Crippen molar-refractivity contribution in [3.63, 3.8) is 0 Å². The lowest BCUT2D eigenvalue weighted by Crippen LogP contribution is -2.60. The van der Waals surface area contributed by atoms with Crippen LogP contribution in [0.3, 0.4) is 0 Å². The highest BCUT2D eigenvalue weighted by Crippen LogP contribution is 2.23. The molecule has 0 bridgehead atoms. The summed E-state index contributed by atoms with van der Waals surface area (Å²) in [5, 5.41) is 48.8. The molecule has 2 aromatic carbocycles. The van der Waals surface area contributed by atoms with Gasteiger partial charge in [-0.3, -0.25) is 57.5 Å². The summed E-state index contributed by atoms with van der Waals surface area (Å²) in [5.74, 6) is -12.7. The summed E-state index contributed by atoms with van der Waals surface area (Å²) >= 11 is 0. The number of nitrogens with two attached hydrogens (primary N) is 2. The minimum absolute atomic E-state index is 0.00586. The molecule has 2 heterocycles. The second kappa shape index (κ2) is 35.2. The Kier molecular flexibility index (Phi) is 28.7. The van der Waals surface area contributed by atoms with Gasteiger partial charge in [0.15, 0.2) is 0 Å². The number of carboxylic acid groups (broad SMARTS) is 3. The molecule has 10 amide bonds. The number of rotatable bonds is 35. The lowest BCUT2D eigenvalue weighted by Gasteiger charge is -2.32. The minimum atomic E-state index is -1.59. The third-order valence-electron chi connectivity index (χ3n) is 15.1. The highest BCUT2D eigenvalue weighted by Gasteiger charge is 2.43. The van der Waals surface area contributed by atoms with Crippen LogP contribution in [0.25, 0.3) is 0 Å². The average Bonchev–Trinajstić information content (AvgIpc) is 2.56. The van der Waals surface area contributed by atoms with E-state index in [0.29, 0.717) is 36.8 Å². The number of carboxylic acids is 3. The summed E-state index contributed by atoms with van der Waals surface area (Å²) < 4.78 is 0. The number of hydrogen-bond donors (Lipinski definition) is 13. The first kappa shape index (κ1) is 71.0. The third-order valence-corrected chi connectivity index (χ3v) is 15.1. The molecule has 2 aliphatic rings. The Morgan fingerprint density at radius 1 is 0.517 bits per heavy atom. The number of unbranched alkanes of at least 4 members (excludes halogenated alkanes) is 1. The molecule has 0 spiro atoms. The largest absolute Gasteiger partial charge is 0.481 e. The fraction of sp³-hybridized carbons (Fsp3) is 0.576. The number of nitrogens with one attached hydrogen (secondary N) is 8. The predicted molar refractivity (Wildman–Crippen MR) is 314 cm³/mol. The van der Waals surface area contributed by atoms with Crippen LogP contribution >= 0.6 is 0 Å². The SMILES string of the molecule is CC(C)[C@H](N)C(=O)N[C@@H](C)C(=O)N1CCC[C@H]1C(=O)N[C@@H](Cc1ccccc1)C(=O)N1CCC[C@H]1C(=O)N[C@@H](CCC(=O)O)C(=O)N[C@H](C(=O)N[C@@H](Cc1ccccc1)C(=O)NCC(=O)N[C@@H](CCCCN)C(=O)N[C@@H](CCC(=O)O)C(=O)O)C(C)C. The summed E-state index contributed by atoms with van der Waals surface area (Å²) in [6.45, 7) is 7.96. The highest BCUT2D eigenvalue weighted by molar-refractivity contribution is 5.99. The number of carbonyl (C=O) groups excluding carboxylic acids is 10. The number of benzene rings is 2. The van der Waals surface area contributed by atoms with E-state index in [4.69, 9.17) is 16.6 Å². The normalized spacial score (nSPS) is 17.4. The topological polar surface area (TPSA) is 437 Å². The molecule has 0 unspecified atom stereocenters. The van der Waals surface area contributed by atoms with Gasteiger partial charge in [-0.05, 0) is 94.2 Å². The molecule has 15 N–H and O–H groups in total. The molecule has 478 valence electrons. The van der Waals surface area contributed by atoms with Crippen molar-refractivity contribution in [2.75, 3.05) is 26.2 Å². The number of likely N-dealkylation sites (tertiary alicyclic amines) is 2. The van der Waals surface area contributed by atoms with Crippen LogP contribution in [0.2, 0.25) is 0 Å². The van der Waals surface area contributed by atoms with Crippen LogP contribution in [-0.4, -0.2) is 189 Å². The quantitative estimate of drug-likeness (QED) is 0.0352. The third kappa shape index (κ3) is 22.7. The Morgan fingerprint density at radius 3 is 1.51 bits per heavy atom. The summed E-state index contributed by atoms with van der Waals surface area (Å²) in [5.41, 5.74) is 12.8. The molecule has 0 radical (unpaired) electrons. The van der Waals surface area contributed by atoms with Gasteiger partial charge < -0.3 is 79.1 Å². The van der Waals surface area contributed by atoms with E-state index in [0.717, 1.165) is 0 Å².